The molecular weight excluding hydrogens is 506 g/mol. The molecule has 0 spiro atoms. The number of H-pyrrole nitrogens is 2. The second kappa shape index (κ2) is 14.6. The van der Waals surface area contributed by atoms with Gasteiger partial charge in [-0.2, -0.15) is 11.8 Å². The highest BCUT2D eigenvalue weighted by atomic mass is 32.2. The van der Waals surface area contributed by atoms with Gasteiger partial charge in [0, 0.05) is 36.6 Å². The van der Waals surface area contributed by atoms with Crippen molar-refractivity contribution in [3.63, 3.8) is 0 Å². The van der Waals surface area contributed by atoms with Gasteiger partial charge in [-0.3, -0.25) is 19.2 Å². The van der Waals surface area contributed by atoms with Crippen LogP contribution in [0.3, 0.4) is 0 Å². The average Bonchev–Trinajstić information content (AvgIpc) is 3.55. The molecule has 202 valence electrons. The fourth-order valence-electron chi connectivity index (χ4n) is 3.25. The lowest BCUT2D eigenvalue weighted by molar-refractivity contribution is -0.142. The first-order valence-corrected chi connectivity index (χ1v) is 12.6. The maximum absolute atomic E-state index is 13.1. The van der Waals surface area contributed by atoms with Crippen LogP contribution in [0, 0.1) is 0 Å². The van der Waals surface area contributed by atoms with E-state index < -0.39 is 60.2 Å². The molecule has 4 unspecified atom stereocenters. The van der Waals surface area contributed by atoms with Gasteiger partial charge >= 0.3 is 5.97 Å². The minimum atomic E-state index is -1.50. The Balaban J connectivity index is 2.16. The number of carboxylic acids is 1. The number of nitrogens with one attached hydrogen (secondary N) is 5. The largest absolute Gasteiger partial charge is 0.480 e. The molecule has 15 nitrogen and oxygen atoms in total. The standard InChI is InChI=1S/C21H31N9O6S/c1-37-3-2-13(22)18(32)28-14(4-11-7-24-9-26-11)19(33)29-15(6-17(23)31)20(34)30-16(21(35)36)5-12-8-25-10-27-12/h7-10,13-16H,2-6,22H2,1H3,(H2,23,31)(H,24,26)(H,25,27)(H,28,32)(H,29,33)(H,30,34)(H,35,36). The summed E-state index contributed by atoms with van der Waals surface area (Å²) in [4.78, 5) is 75.2. The molecule has 4 amide bonds. The number of carboxylic acid groups (broad SMARTS) is 1. The number of nitrogens with two attached hydrogens (primary N) is 2. The average molecular weight is 538 g/mol. The number of primary amides is 1. The predicted molar refractivity (Wildman–Crippen MR) is 133 cm³/mol. The molecule has 0 aromatic carbocycles. The van der Waals surface area contributed by atoms with Crippen LogP contribution < -0.4 is 27.4 Å². The molecule has 2 aromatic heterocycles. The Morgan fingerprint density at radius 1 is 0.919 bits per heavy atom. The zero-order valence-corrected chi connectivity index (χ0v) is 20.9. The Labute approximate surface area is 216 Å². The van der Waals surface area contributed by atoms with Crippen molar-refractivity contribution >= 4 is 41.4 Å². The number of nitrogens with zero attached hydrogens (tertiary/aromatic N) is 2. The van der Waals surface area contributed by atoms with Crippen LogP contribution in [0.25, 0.3) is 0 Å². The fraction of sp³-hybridized carbons (Fsp3) is 0.476. The van der Waals surface area contributed by atoms with Gasteiger partial charge in [-0.25, -0.2) is 14.8 Å². The van der Waals surface area contributed by atoms with E-state index in [0.717, 1.165) is 0 Å². The lowest BCUT2D eigenvalue weighted by atomic mass is 10.1. The second-order valence-electron chi connectivity index (χ2n) is 8.14. The van der Waals surface area contributed by atoms with Crippen molar-refractivity contribution in [1.29, 1.82) is 0 Å². The number of hydrogen-bond donors (Lipinski definition) is 8. The van der Waals surface area contributed by atoms with Gasteiger partial charge in [-0.05, 0) is 18.4 Å². The number of aromatic amines is 2. The van der Waals surface area contributed by atoms with Crippen LogP contribution in [0.15, 0.2) is 25.0 Å². The summed E-state index contributed by atoms with van der Waals surface area (Å²) in [6, 6.07) is -4.93. The molecule has 0 saturated heterocycles. The molecule has 0 fully saturated rings. The third-order valence-corrected chi connectivity index (χ3v) is 5.86. The molecule has 0 aliphatic rings. The third-order valence-electron chi connectivity index (χ3n) is 5.21. The van der Waals surface area contributed by atoms with Gasteiger partial charge in [0.05, 0.1) is 25.1 Å². The molecule has 0 radical (unpaired) electrons. The topological polar surface area (TPSA) is 251 Å². The first-order valence-electron chi connectivity index (χ1n) is 11.2. The number of rotatable bonds is 16. The third kappa shape index (κ3) is 9.92. The second-order valence-corrected chi connectivity index (χ2v) is 9.13. The molecule has 0 bridgehead atoms. The minimum absolute atomic E-state index is 0.0185. The van der Waals surface area contributed by atoms with E-state index in [2.05, 4.69) is 35.9 Å². The molecule has 16 heteroatoms. The molecule has 2 rings (SSSR count). The van der Waals surface area contributed by atoms with Gasteiger partial charge in [0.1, 0.15) is 18.1 Å². The molecule has 2 aromatic rings. The van der Waals surface area contributed by atoms with Gasteiger partial charge in [0.2, 0.25) is 23.6 Å². The van der Waals surface area contributed by atoms with Crippen LogP contribution in [0.5, 0.6) is 0 Å². The molecule has 0 aliphatic heterocycles. The van der Waals surface area contributed by atoms with Crippen LogP contribution in [0.2, 0.25) is 0 Å². The Bertz CT molecular complexity index is 1050. The lowest BCUT2D eigenvalue weighted by Gasteiger charge is -2.24. The van der Waals surface area contributed by atoms with Crippen LogP contribution in [-0.4, -0.2) is 90.8 Å². The quantitative estimate of drug-likeness (QED) is 0.111. The van der Waals surface area contributed by atoms with Gasteiger partial charge < -0.3 is 42.5 Å². The summed E-state index contributed by atoms with van der Waals surface area (Å²) in [7, 11) is 0. The molecule has 37 heavy (non-hydrogen) atoms. The van der Waals surface area contributed by atoms with E-state index in [4.69, 9.17) is 11.5 Å². The van der Waals surface area contributed by atoms with Crippen molar-refractivity contribution in [2.24, 2.45) is 11.5 Å². The smallest absolute Gasteiger partial charge is 0.326 e. The van der Waals surface area contributed by atoms with E-state index in [1.54, 1.807) is 0 Å². The number of imidazole rings is 2. The van der Waals surface area contributed by atoms with Crippen LogP contribution in [0.1, 0.15) is 24.2 Å². The summed E-state index contributed by atoms with van der Waals surface area (Å²) in [5, 5.41) is 16.8. The number of amides is 4. The van der Waals surface area contributed by atoms with E-state index in [0.29, 0.717) is 23.6 Å². The number of carbonyl (C=O) groups is 5. The highest BCUT2D eigenvalue weighted by Gasteiger charge is 2.31. The molecule has 0 saturated carbocycles. The Morgan fingerprint density at radius 2 is 1.43 bits per heavy atom. The van der Waals surface area contributed by atoms with Gasteiger partial charge in [-0.1, -0.05) is 0 Å². The number of hydrogen-bond acceptors (Lipinski definition) is 9. The van der Waals surface area contributed by atoms with Gasteiger partial charge in [0.15, 0.2) is 0 Å². The molecular formula is C21H31N9O6S. The van der Waals surface area contributed by atoms with E-state index in [9.17, 15) is 29.1 Å². The summed E-state index contributed by atoms with van der Waals surface area (Å²) >= 11 is 1.51. The van der Waals surface area contributed by atoms with Crippen LogP contribution in [-0.2, 0) is 36.8 Å². The Morgan fingerprint density at radius 3 is 1.92 bits per heavy atom. The van der Waals surface area contributed by atoms with E-state index in [1.807, 2.05) is 6.26 Å². The monoisotopic (exact) mass is 537 g/mol. The maximum atomic E-state index is 13.1. The van der Waals surface area contributed by atoms with E-state index in [-0.39, 0.29) is 12.8 Å². The van der Waals surface area contributed by atoms with Crippen LogP contribution in [0.4, 0.5) is 0 Å². The molecule has 0 aliphatic carbocycles. The summed E-state index contributed by atoms with van der Waals surface area (Å²) in [5.41, 5.74) is 12.1. The summed E-state index contributed by atoms with van der Waals surface area (Å²) in [6.45, 7) is 0. The summed E-state index contributed by atoms with van der Waals surface area (Å²) in [6.07, 6.45) is 7.11. The summed E-state index contributed by atoms with van der Waals surface area (Å²) < 4.78 is 0. The zero-order chi connectivity index (χ0) is 27.4. The number of aromatic nitrogens is 4. The maximum Gasteiger partial charge on any atom is 0.326 e. The van der Waals surface area contributed by atoms with Crippen molar-refractivity contribution in [2.75, 3.05) is 12.0 Å². The Kier molecular flexibility index (Phi) is 11.6. The summed E-state index contributed by atoms with van der Waals surface area (Å²) in [5.74, 6) is -3.93. The normalized spacial score (nSPS) is 14.1. The first-order chi connectivity index (χ1) is 17.6. The van der Waals surface area contributed by atoms with E-state index >= 15 is 0 Å². The first kappa shape index (κ1) is 29.3. The SMILES string of the molecule is CSCCC(N)C(=O)NC(Cc1cnc[nH]1)C(=O)NC(CC(N)=O)C(=O)NC(Cc1cnc[nH]1)C(=O)O. The van der Waals surface area contributed by atoms with Crippen molar-refractivity contribution in [3.05, 3.63) is 36.4 Å². The van der Waals surface area contributed by atoms with E-state index in [1.165, 1.54) is 36.8 Å². The molecule has 10 N–H and O–H groups in total. The number of aliphatic carboxylic acids is 1. The Hall–Kier alpha value is -3.92. The van der Waals surface area contributed by atoms with Crippen molar-refractivity contribution < 1.29 is 29.1 Å². The van der Waals surface area contributed by atoms with Crippen molar-refractivity contribution in [2.45, 2.75) is 49.9 Å². The van der Waals surface area contributed by atoms with Crippen LogP contribution >= 0.6 is 11.8 Å². The fourth-order valence-corrected chi connectivity index (χ4v) is 3.74. The zero-order valence-electron chi connectivity index (χ0n) is 20.1. The van der Waals surface area contributed by atoms with Gasteiger partial charge in [0.25, 0.3) is 0 Å². The lowest BCUT2D eigenvalue weighted by Crippen LogP contribution is -2.58. The van der Waals surface area contributed by atoms with Crippen molar-refractivity contribution in [3.8, 4) is 0 Å². The van der Waals surface area contributed by atoms with Crippen molar-refractivity contribution in [1.82, 2.24) is 35.9 Å². The number of carbonyl (C=O) groups excluding carboxylic acids is 4. The van der Waals surface area contributed by atoms with Gasteiger partial charge in [-0.15, -0.1) is 0 Å². The highest BCUT2D eigenvalue weighted by Crippen LogP contribution is 2.05. The molecule has 4 atom stereocenters. The predicted octanol–water partition coefficient (Wildman–Crippen LogP) is -2.59. The molecule has 2 heterocycles. The number of thioether (sulfide) groups is 1. The minimum Gasteiger partial charge on any atom is -0.480 e. The highest BCUT2D eigenvalue weighted by molar-refractivity contribution is 7.98.